The van der Waals surface area contributed by atoms with Gasteiger partial charge in [0, 0.05) is 6.42 Å². The second kappa shape index (κ2) is 8.08. The minimum absolute atomic E-state index is 0.148. The summed E-state index contributed by atoms with van der Waals surface area (Å²) in [6, 6.07) is 15.6. The van der Waals surface area contributed by atoms with Gasteiger partial charge in [0.05, 0.1) is 7.11 Å². The first kappa shape index (κ1) is 15.9. The maximum atomic E-state index is 10.7. The minimum Gasteiger partial charge on any atom is -0.493 e. The summed E-state index contributed by atoms with van der Waals surface area (Å²) in [6.45, 7) is 0.452. The van der Waals surface area contributed by atoms with Crippen LogP contribution in [0.3, 0.4) is 0 Å². The van der Waals surface area contributed by atoms with Gasteiger partial charge in [0.15, 0.2) is 11.5 Å². The fourth-order valence-electron chi connectivity index (χ4n) is 2.24. The van der Waals surface area contributed by atoms with E-state index in [4.69, 9.17) is 14.6 Å². The van der Waals surface area contributed by atoms with Crippen LogP contribution in [-0.4, -0.2) is 18.2 Å². The Kier molecular flexibility index (Phi) is 5.83. The predicted molar refractivity (Wildman–Crippen MR) is 84.3 cm³/mol. The predicted octanol–water partition coefficient (Wildman–Crippen LogP) is 3.68. The summed E-state index contributed by atoms with van der Waals surface area (Å²) in [5.41, 5.74) is 2.04. The summed E-state index contributed by atoms with van der Waals surface area (Å²) < 4.78 is 11.3. The van der Waals surface area contributed by atoms with E-state index >= 15 is 0 Å². The molecule has 0 saturated carbocycles. The van der Waals surface area contributed by atoms with Crippen molar-refractivity contribution in [1.29, 1.82) is 0 Å². The van der Waals surface area contributed by atoms with Crippen LogP contribution in [0.4, 0.5) is 0 Å². The van der Waals surface area contributed by atoms with Crippen LogP contribution in [0.5, 0.6) is 11.5 Å². The molecule has 2 aromatic rings. The minimum atomic E-state index is -0.783. The molecule has 4 nitrogen and oxygen atoms in total. The molecule has 0 heterocycles. The Balaban J connectivity index is 2.10. The van der Waals surface area contributed by atoms with Gasteiger partial charge < -0.3 is 14.6 Å². The summed E-state index contributed by atoms with van der Waals surface area (Å²) in [5, 5.41) is 8.76. The van der Waals surface area contributed by atoms with Crippen LogP contribution < -0.4 is 9.47 Å². The number of methoxy groups -OCH3 is 1. The van der Waals surface area contributed by atoms with Crippen LogP contribution in [0.2, 0.25) is 0 Å². The Morgan fingerprint density at radius 2 is 1.86 bits per heavy atom. The smallest absolute Gasteiger partial charge is 0.303 e. The van der Waals surface area contributed by atoms with Gasteiger partial charge in [-0.25, -0.2) is 0 Å². The third-order valence-corrected chi connectivity index (χ3v) is 3.34. The van der Waals surface area contributed by atoms with Gasteiger partial charge >= 0.3 is 5.97 Å². The number of carboxylic acid groups (broad SMARTS) is 1. The van der Waals surface area contributed by atoms with Gasteiger partial charge in [0.2, 0.25) is 0 Å². The number of carbonyl (C=O) groups is 1. The van der Waals surface area contributed by atoms with E-state index in [-0.39, 0.29) is 6.42 Å². The van der Waals surface area contributed by atoms with E-state index < -0.39 is 5.97 Å². The second-order valence-electron chi connectivity index (χ2n) is 4.97. The molecule has 0 fully saturated rings. The zero-order valence-electron chi connectivity index (χ0n) is 12.6. The molecule has 0 aromatic heterocycles. The van der Waals surface area contributed by atoms with E-state index in [0.717, 1.165) is 11.1 Å². The molecule has 0 aliphatic heterocycles. The van der Waals surface area contributed by atoms with Gasteiger partial charge in [0.25, 0.3) is 0 Å². The normalized spacial score (nSPS) is 10.2. The van der Waals surface area contributed by atoms with Crippen LogP contribution in [0.15, 0.2) is 48.5 Å². The molecule has 1 N–H and O–H groups in total. The highest BCUT2D eigenvalue weighted by Gasteiger charge is 2.11. The van der Waals surface area contributed by atoms with Crippen molar-refractivity contribution in [1.82, 2.24) is 0 Å². The lowest BCUT2D eigenvalue weighted by molar-refractivity contribution is -0.137. The first-order valence-corrected chi connectivity index (χ1v) is 7.25. The number of hydrogen-bond acceptors (Lipinski definition) is 3. The fraction of sp³-hybridized carbons (Fsp3) is 0.278. The number of ether oxygens (including phenoxy) is 2. The highest BCUT2D eigenvalue weighted by atomic mass is 16.5. The van der Waals surface area contributed by atoms with Crippen molar-refractivity contribution >= 4 is 5.97 Å². The number of aryl methyl sites for hydroxylation is 1. The van der Waals surface area contributed by atoms with Crippen molar-refractivity contribution < 1.29 is 19.4 Å². The highest BCUT2D eigenvalue weighted by molar-refractivity contribution is 5.66. The standard InChI is InChI=1S/C18H20O4/c1-21-16-11-5-9-15(10-6-12-17(19)20)18(16)22-13-14-7-3-2-4-8-14/h2-5,7-9,11H,6,10,12-13H2,1H3,(H,19,20). The van der Waals surface area contributed by atoms with E-state index in [1.54, 1.807) is 7.11 Å². The molecular formula is C18H20O4. The zero-order valence-corrected chi connectivity index (χ0v) is 12.6. The van der Waals surface area contributed by atoms with E-state index in [2.05, 4.69) is 0 Å². The number of carboxylic acids is 1. The molecule has 4 heteroatoms. The summed E-state index contributed by atoms with van der Waals surface area (Å²) in [4.78, 5) is 10.7. The van der Waals surface area contributed by atoms with Crippen molar-refractivity contribution in [3.8, 4) is 11.5 Å². The van der Waals surface area contributed by atoms with Crippen molar-refractivity contribution in [2.75, 3.05) is 7.11 Å². The van der Waals surface area contributed by atoms with E-state index in [0.29, 0.717) is 30.9 Å². The van der Waals surface area contributed by atoms with Crippen LogP contribution >= 0.6 is 0 Å². The zero-order chi connectivity index (χ0) is 15.8. The molecule has 2 rings (SSSR count). The molecule has 0 aliphatic rings. The van der Waals surface area contributed by atoms with Crippen molar-refractivity contribution in [3.63, 3.8) is 0 Å². The summed E-state index contributed by atoms with van der Waals surface area (Å²) in [7, 11) is 1.60. The van der Waals surface area contributed by atoms with E-state index in [9.17, 15) is 4.79 Å². The molecule has 116 valence electrons. The molecule has 2 aromatic carbocycles. The summed E-state index contributed by atoms with van der Waals surface area (Å²) in [6.07, 6.45) is 1.37. The van der Waals surface area contributed by atoms with Crippen LogP contribution in [-0.2, 0) is 17.8 Å². The molecule has 0 unspecified atom stereocenters. The van der Waals surface area contributed by atoms with E-state index in [1.807, 2.05) is 48.5 Å². The summed E-state index contributed by atoms with van der Waals surface area (Å²) in [5.74, 6) is 0.581. The van der Waals surface area contributed by atoms with E-state index in [1.165, 1.54) is 0 Å². The van der Waals surface area contributed by atoms with Crippen molar-refractivity contribution in [2.45, 2.75) is 25.9 Å². The second-order valence-corrected chi connectivity index (χ2v) is 4.97. The first-order valence-electron chi connectivity index (χ1n) is 7.25. The fourth-order valence-corrected chi connectivity index (χ4v) is 2.24. The van der Waals surface area contributed by atoms with Gasteiger partial charge in [-0.1, -0.05) is 42.5 Å². The molecule has 0 atom stereocenters. The quantitative estimate of drug-likeness (QED) is 0.808. The lowest BCUT2D eigenvalue weighted by Crippen LogP contribution is -2.02. The molecule has 0 saturated heterocycles. The van der Waals surface area contributed by atoms with Gasteiger partial charge in [-0.2, -0.15) is 0 Å². The molecule has 0 radical (unpaired) electrons. The largest absolute Gasteiger partial charge is 0.493 e. The Morgan fingerprint density at radius 3 is 2.55 bits per heavy atom. The van der Waals surface area contributed by atoms with Gasteiger partial charge in [0.1, 0.15) is 6.61 Å². The van der Waals surface area contributed by atoms with Crippen molar-refractivity contribution in [2.24, 2.45) is 0 Å². The van der Waals surface area contributed by atoms with Crippen LogP contribution in [0.1, 0.15) is 24.0 Å². The number of aliphatic carboxylic acids is 1. The Labute approximate surface area is 130 Å². The molecular weight excluding hydrogens is 280 g/mol. The number of benzene rings is 2. The monoisotopic (exact) mass is 300 g/mol. The van der Waals surface area contributed by atoms with Crippen LogP contribution in [0.25, 0.3) is 0 Å². The van der Waals surface area contributed by atoms with Gasteiger partial charge in [-0.15, -0.1) is 0 Å². The highest BCUT2D eigenvalue weighted by Crippen LogP contribution is 2.32. The Morgan fingerprint density at radius 1 is 1.09 bits per heavy atom. The lowest BCUT2D eigenvalue weighted by atomic mass is 10.1. The maximum Gasteiger partial charge on any atom is 0.303 e. The average Bonchev–Trinajstić information content (AvgIpc) is 2.54. The van der Waals surface area contributed by atoms with Crippen molar-refractivity contribution in [3.05, 3.63) is 59.7 Å². The number of hydrogen-bond donors (Lipinski definition) is 1. The van der Waals surface area contributed by atoms with Gasteiger partial charge in [-0.3, -0.25) is 4.79 Å². The van der Waals surface area contributed by atoms with Gasteiger partial charge in [-0.05, 0) is 30.0 Å². The average molecular weight is 300 g/mol. The molecule has 0 aliphatic carbocycles. The number of para-hydroxylation sites is 1. The SMILES string of the molecule is COc1cccc(CCCC(=O)O)c1OCc1ccccc1. The third kappa shape index (κ3) is 4.52. The number of rotatable bonds is 8. The Hall–Kier alpha value is -2.49. The topological polar surface area (TPSA) is 55.8 Å². The Bertz CT molecular complexity index is 608. The first-order chi connectivity index (χ1) is 10.7. The molecule has 22 heavy (non-hydrogen) atoms. The molecule has 0 amide bonds. The summed E-state index contributed by atoms with van der Waals surface area (Å²) >= 11 is 0. The maximum absolute atomic E-state index is 10.7. The molecule has 0 bridgehead atoms. The third-order valence-electron chi connectivity index (χ3n) is 3.34. The molecule has 0 spiro atoms. The lowest BCUT2D eigenvalue weighted by Gasteiger charge is -2.15. The van der Waals surface area contributed by atoms with Crippen LogP contribution in [0, 0.1) is 0 Å².